The van der Waals surface area contributed by atoms with E-state index in [-0.39, 0.29) is 158 Å². The van der Waals surface area contributed by atoms with Crippen LogP contribution in [0.25, 0.3) is 0 Å². The molecule has 0 radical (unpaired) electrons. The van der Waals surface area contributed by atoms with Crippen LogP contribution in [-0.2, 0) is 47.9 Å². The quantitative estimate of drug-likeness (QED) is 0.0200. The summed E-state index contributed by atoms with van der Waals surface area (Å²) in [6.07, 6.45) is 39.6. The fraction of sp³-hybridized carbons (Fsp3) is 0.910. The summed E-state index contributed by atoms with van der Waals surface area (Å²) in [5.41, 5.74) is -1.52. The van der Waals surface area contributed by atoms with Crippen LogP contribution < -0.4 is 129 Å². The largest absolute Gasteiger partial charge is 2.00 e. The number of aliphatic hydroxyl groups excluding tert-OH is 5. The molecule has 0 spiro atoms. The van der Waals surface area contributed by atoms with E-state index in [2.05, 4.69) is 31.9 Å². The number of aliphatic hydroxyl groups is 5. The number of hydrogen-bond acceptors (Lipinski definition) is 21. The van der Waals surface area contributed by atoms with Gasteiger partial charge in [-0.1, -0.05) is 220 Å². The minimum atomic E-state index is -1.01. The maximum atomic E-state index is 11.0. The fourth-order valence-electron chi connectivity index (χ4n) is 15.1. The van der Waals surface area contributed by atoms with Gasteiger partial charge in [0.2, 0.25) is 0 Å². The molecule has 2 atom stereocenters. The molecule has 3 aliphatic rings. The van der Waals surface area contributed by atoms with Crippen LogP contribution in [0.3, 0.4) is 0 Å². The summed E-state index contributed by atoms with van der Waals surface area (Å²) in [7, 11) is 0. The van der Waals surface area contributed by atoms with E-state index in [4.69, 9.17) is 46.6 Å². The van der Waals surface area contributed by atoms with E-state index in [1.165, 1.54) is 78.5 Å². The monoisotopic (exact) mass is 2160 g/mol. The van der Waals surface area contributed by atoms with Crippen molar-refractivity contribution in [3.8, 4) is 0 Å². The van der Waals surface area contributed by atoms with Crippen molar-refractivity contribution in [2.75, 3.05) is 78.5 Å². The van der Waals surface area contributed by atoms with Gasteiger partial charge in [-0.25, -0.2) is 0 Å². The average molecular weight is 2160 g/mol. The Kier molecular flexibility index (Phi) is 102. The number of unbranched alkanes of at least 4 members (excludes halogenated alkanes) is 20. The van der Waals surface area contributed by atoms with Gasteiger partial charge in [0.25, 0.3) is 0 Å². The van der Waals surface area contributed by atoms with Gasteiger partial charge >= 0.3 is 166 Å². The van der Waals surface area contributed by atoms with Gasteiger partial charge in [-0.2, -0.15) is 0 Å². The van der Waals surface area contributed by atoms with E-state index in [1.807, 2.05) is 20.8 Å². The summed E-state index contributed by atoms with van der Waals surface area (Å²) in [6.45, 7) is 55.3. The zero-order valence-electron chi connectivity index (χ0n) is 99.5. The molecule has 35 heteroatoms. The summed E-state index contributed by atoms with van der Waals surface area (Å²) in [5.74, 6) is -8.07. The number of hydrogen-bond donors (Lipinski definition) is 20. The summed E-state index contributed by atoms with van der Waals surface area (Å²) < 4.78 is 0. The summed E-state index contributed by atoms with van der Waals surface area (Å²) in [5, 5.41) is 161. The van der Waals surface area contributed by atoms with Gasteiger partial charge in [-0.15, -0.1) is 0 Å². The first-order valence-electron chi connectivity index (χ1n) is 55.0. The van der Waals surface area contributed by atoms with Crippen LogP contribution in [0.15, 0.2) is 0 Å². The van der Waals surface area contributed by atoms with E-state index in [9.17, 15) is 83.7 Å². The number of piperazine rings is 3. The Labute approximate surface area is 983 Å². The molecule has 0 amide bonds. The van der Waals surface area contributed by atoms with Gasteiger partial charge in [-0.3, -0.25) is 38.4 Å². The smallest absolute Gasteiger partial charge is 1.00 e. The molecule has 3 aliphatic heterocycles. The molecule has 0 aliphatic carbocycles. The van der Waals surface area contributed by atoms with Gasteiger partial charge in [0.05, 0.1) is 113 Å². The topological polar surface area (TPSA) is 592 Å². The number of carboxylic acid groups (broad SMARTS) is 10. The molecule has 0 saturated carbocycles. The normalized spacial score (nSPS) is 14.1. The molecular weight excluding hydrogens is 1930 g/mol. The SMILES string of the molecule is C1C[NH2+]CCN1.C1C[NH2+]CCN1.C1C[NH2+]CCN1.CC(C)(C)N.CC(C)(CCCCCC(O)CCCCCC(C)(C)C(=O)O)C(=O)O.CC(C)(CCCCCC(O)CCCCCC(C)(C)C(=O)O)C(=O)O.CC(C)(CCCCCC(O)CCCCCC(C)(C)C(=O)O)C(=O)O.CC(C)(CCCCCC(O)CCCCCC(C)(C)C(=O)O)C(=O)[O-].CC(C)(CCCCCC(O)CCCCCC(C)(C)C(=O)O)C(=O)[O-].[Ca+2].[H-].[H-].[K+].[Na+]. The number of quaternary nitrogens is 3. The van der Waals surface area contributed by atoms with Crippen molar-refractivity contribution in [2.24, 2.45) is 59.9 Å². The molecule has 0 aromatic rings. The Morgan fingerprint density at radius 3 is 0.397 bits per heavy atom. The molecule has 0 bridgehead atoms. The predicted octanol–water partition coefficient (Wildman–Crippen LogP) is 8.73. The summed E-state index contributed by atoms with van der Waals surface area (Å²) in [4.78, 5) is 110. The van der Waals surface area contributed by atoms with Gasteiger partial charge in [0.1, 0.15) is 0 Å². The molecule has 0 aromatic heterocycles. The Morgan fingerprint density at radius 1 is 0.233 bits per heavy atom. The van der Waals surface area contributed by atoms with Crippen LogP contribution in [0.2, 0.25) is 0 Å². The van der Waals surface area contributed by atoms with Crippen molar-refractivity contribution in [1.82, 2.24) is 16.0 Å². The van der Waals surface area contributed by atoms with E-state index >= 15 is 0 Å². The van der Waals surface area contributed by atoms with Crippen LogP contribution in [0.1, 0.15) is 483 Å². The first-order chi connectivity index (χ1) is 65.9. The molecule has 3 rings (SSSR count). The summed E-state index contributed by atoms with van der Waals surface area (Å²) in [6, 6.07) is 0. The molecule has 146 heavy (non-hydrogen) atoms. The van der Waals surface area contributed by atoms with E-state index in [1.54, 1.807) is 138 Å². The number of aliphatic carboxylic acids is 10. The molecular formula is C111H224CaKN7NaO25+3. The van der Waals surface area contributed by atoms with Gasteiger partial charge < -0.3 is 127 Å². The minimum absolute atomic E-state index is 0. The number of carbonyl (C=O) groups is 10. The molecule has 2 unspecified atom stereocenters. The molecule has 3 saturated heterocycles. The van der Waals surface area contributed by atoms with Crippen LogP contribution >= 0.6 is 0 Å². The van der Waals surface area contributed by atoms with E-state index in [0.29, 0.717) is 64.2 Å². The second-order valence-corrected chi connectivity index (χ2v) is 48.3. The van der Waals surface area contributed by atoms with Crippen molar-refractivity contribution in [1.29, 1.82) is 0 Å². The zero-order valence-corrected chi connectivity index (χ0v) is 105. The second kappa shape index (κ2) is 92.1. The van der Waals surface area contributed by atoms with Gasteiger partial charge in [0.15, 0.2) is 0 Å². The number of nitrogens with two attached hydrogens (primary N) is 4. The first-order valence-corrected chi connectivity index (χ1v) is 55.0. The predicted molar refractivity (Wildman–Crippen MR) is 575 cm³/mol. The third-order valence-electron chi connectivity index (χ3n) is 27.3. The maximum absolute atomic E-state index is 11.0. The van der Waals surface area contributed by atoms with Crippen LogP contribution in [-0.4, -0.2) is 278 Å². The number of carboxylic acids is 10. The first kappa shape index (κ1) is 162. The second-order valence-electron chi connectivity index (χ2n) is 48.3. The van der Waals surface area contributed by atoms with Crippen molar-refractivity contribution < 1.29 is 224 Å². The Morgan fingerprint density at radius 2 is 0.329 bits per heavy atom. The molecule has 0 aromatic carbocycles. The molecule has 32 nitrogen and oxygen atoms in total. The van der Waals surface area contributed by atoms with E-state index < -0.39 is 114 Å². The molecule has 3 heterocycles. The third kappa shape index (κ3) is 103. The van der Waals surface area contributed by atoms with Crippen molar-refractivity contribution in [2.45, 2.75) is 516 Å². The number of rotatable bonds is 70. The van der Waals surface area contributed by atoms with Crippen LogP contribution in [0, 0.1) is 54.1 Å². The van der Waals surface area contributed by atoms with Crippen molar-refractivity contribution >= 4 is 97.4 Å². The maximum Gasteiger partial charge on any atom is 2.00 e. The minimum Gasteiger partial charge on any atom is -1.00 e. The Hall–Kier alpha value is -1.88. The molecule has 854 valence electrons. The van der Waals surface area contributed by atoms with Crippen LogP contribution in [0.5, 0.6) is 0 Å². The Bertz CT molecular complexity index is 2620. The zero-order chi connectivity index (χ0) is 111. The van der Waals surface area contributed by atoms with E-state index in [0.717, 1.165) is 257 Å². The molecule has 3 fully saturated rings. The molecule has 24 N–H and O–H groups in total. The van der Waals surface area contributed by atoms with Gasteiger partial charge in [0, 0.05) is 67.6 Å². The van der Waals surface area contributed by atoms with Crippen LogP contribution in [0.4, 0.5) is 0 Å². The fourth-order valence-corrected chi connectivity index (χ4v) is 15.1. The summed E-state index contributed by atoms with van der Waals surface area (Å²) >= 11 is 0. The average Bonchev–Trinajstić information content (AvgIpc) is 0.949. The third-order valence-corrected chi connectivity index (χ3v) is 27.3. The standard InChI is InChI=1S/5C19H36O5.3C4H10N2.C4H11N.Ca.K.Na.2H/c5*1-18(2,16(21)22)13-9-5-7-11-15(20)12-8-6-10-14-19(3,4)17(23)24;3*1-2-6-4-3-5-1;1-4(2,3)5;;;;;/h5*15,20H,5-14H2,1-4H3,(H,21,22)(H,23,24);3*5-6H,1-4H2;5H2,1-3H3;;;;;/q;;;;;;;;;+2;2*+1;2*-1/p+1. The number of nitrogens with one attached hydrogen (secondary N) is 3. The van der Waals surface area contributed by atoms with Gasteiger partial charge in [-0.05, 0) is 260 Å². The van der Waals surface area contributed by atoms with Crippen molar-refractivity contribution in [3.63, 3.8) is 0 Å². The van der Waals surface area contributed by atoms with Crippen molar-refractivity contribution in [3.05, 3.63) is 0 Å². The number of carbonyl (C=O) groups excluding carboxylic acids is 2. The Balaban J connectivity index is -0.000000165.